The van der Waals surface area contributed by atoms with Crippen molar-refractivity contribution in [2.24, 2.45) is 5.73 Å². The molecule has 0 radical (unpaired) electrons. The first-order valence-corrected chi connectivity index (χ1v) is 5.08. The minimum absolute atomic E-state index is 0.408. The fraction of sp³-hybridized carbons (Fsp3) is 0.0909. The second kappa shape index (κ2) is 4.56. The average Bonchev–Trinajstić information content (AvgIpc) is 2.78. The number of rotatable bonds is 4. The Labute approximate surface area is 98.0 Å². The number of hydrogen-bond acceptors (Lipinski definition) is 4. The van der Waals surface area contributed by atoms with Crippen molar-refractivity contribution >= 4 is 17.3 Å². The number of amides is 1. The molecule has 1 aromatic carbocycles. The third-order valence-electron chi connectivity index (χ3n) is 2.31. The van der Waals surface area contributed by atoms with Crippen LogP contribution >= 0.6 is 0 Å². The molecule has 0 saturated carbocycles. The van der Waals surface area contributed by atoms with E-state index in [1.54, 1.807) is 30.6 Å². The number of carbonyl (C=O) groups excluding carboxylic acids is 1. The van der Waals surface area contributed by atoms with Crippen LogP contribution in [0.2, 0.25) is 0 Å². The maximum absolute atomic E-state index is 11.2. The molecule has 0 fully saturated rings. The first-order valence-electron chi connectivity index (χ1n) is 5.08. The molecule has 0 aliphatic carbocycles. The second-order valence-corrected chi connectivity index (χ2v) is 3.56. The number of aromatic amines is 1. The van der Waals surface area contributed by atoms with Crippen LogP contribution in [-0.2, 0) is 6.54 Å². The summed E-state index contributed by atoms with van der Waals surface area (Å²) in [6, 6.07) is 4.91. The maximum atomic E-state index is 11.2. The summed E-state index contributed by atoms with van der Waals surface area (Å²) >= 11 is 0. The van der Waals surface area contributed by atoms with Crippen molar-refractivity contribution in [2.45, 2.75) is 6.54 Å². The van der Waals surface area contributed by atoms with Gasteiger partial charge in [0.15, 0.2) is 0 Å². The van der Waals surface area contributed by atoms with E-state index in [4.69, 9.17) is 11.5 Å². The summed E-state index contributed by atoms with van der Waals surface area (Å²) in [4.78, 5) is 18.2. The standard InChI is InChI=1S/C11H13N5O/c12-7-1-2-8(11(13)17)9(5-7)16-6-10-14-3-4-15-10/h1-5,16H,6,12H2,(H2,13,17)(H,14,15). The van der Waals surface area contributed by atoms with Gasteiger partial charge in [0, 0.05) is 23.8 Å². The molecule has 0 bridgehead atoms. The molecule has 0 saturated heterocycles. The molecule has 2 aromatic rings. The summed E-state index contributed by atoms with van der Waals surface area (Å²) in [6.45, 7) is 0.469. The Bertz CT molecular complexity index is 521. The number of anilines is 2. The summed E-state index contributed by atoms with van der Waals surface area (Å²) in [5, 5.41) is 3.06. The molecule has 0 atom stereocenters. The van der Waals surface area contributed by atoms with Crippen LogP contribution in [0, 0.1) is 0 Å². The minimum Gasteiger partial charge on any atom is -0.399 e. The number of nitrogens with zero attached hydrogens (tertiary/aromatic N) is 1. The molecule has 88 valence electrons. The highest BCUT2D eigenvalue weighted by atomic mass is 16.1. The molecule has 2 rings (SSSR count). The number of carbonyl (C=O) groups is 1. The Morgan fingerprint density at radius 3 is 2.94 bits per heavy atom. The van der Waals surface area contributed by atoms with Gasteiger partial charge in [-0.15, -0.1) is 0 Å². The van der Waals surface area contributed by atoms with Gasteiger partial charge in [-0.3, -0.25) is 4.79 Å². The van der Waals surface area contributed by atoms with Crippen LogP contribution in [0.4, 0.5) is 11.4 Å². The van der Waals surface area contributed by atoms with Crippen molar-refractivity contribution in [3.05, 3.63) is 42.0 Å². The lowest BCUT2D eigenvalue weighted by atomic mass is 10.1. The van der Waals surface area contributed by atoms with Crippen molar-refractivity contribution in [1.29, 1.82) is 0 Å². The third-order valence-corrected chi connectivity index (χ3v) is 2.31. The van der Waals surface area contributed by atoms with Crippen molar-refractivity contribution in [3.63, 3.8) is 0 Å². The number of primary amides is 1. The number of hydrogen-bond donors (Lipinski definition) is 4. The van der Waals surface area contributed by atoms with Gasteiger partial charge in [-0.1, -0.05) is 0 Å². The fourth-order valence-electron chi connectivity index (χ4n) is 1.50. The van der Waals surface area contributed by atoms with Crippen LogP contribution in [0.1, 0.15) is 16.2 Å². The highest BCUT2D eigenvalue weighted by Gasteiger charge is 2.08. The zero-order chi connectivity index (χ0) is 12.3. The van der Waals surface area contributed by atoms with Gasteiger partial charge in [-0.05, 0) is 18.2 Å². The highest BCUT2D eigenvalue weighted by molar-refractivity contribution is 5.99. The lowest BCUT2D eigenvalue weighted by Crippen LogP contribution is -2.15. The Hall–Kier alpha value is -2.50. The summed E-state index contributed by atoms with van der Waals surface area (Å²) in [5.41, 5.74) is 12.5. The van der Waals surface area contributed by atoms with Gasteiger partial charge in [0.05, 0.1) is 12.1 Å². The zero-order valence-corrected chi connectivity index (χ0v) is 9.10. The number of benzene rings is 1. The normalized spacial score (nSPS) is 10.1. The number of nitrogens with one attached hydrogen (secondary N) is 2. The Balaban J connectivity index is 2.19. The maximum Gasteiger partial charge on any atom is 0.250 e. The SMILES string of the molecule is NC(=O)c1ccc(N)cc1NCc1ncc[nH]1. The first-order chi connectivity index (χ1) is 8.16. The smallest absolute Gasteiger partial charge is 0.250 e. The monoisotopic (exact) mass is 231 g/mol. The molecule has 1 amide bonds. The molecule has 1 aromatic heterocycles. The quantitative estimate of drug-likeness (QED) is 0.580. The highest BCUT2D eigenvalue weighted by Crippen LogP contribution is 2.19. The topological polar surface area (TPSA) is 110 Å². The van der Waals surface area contributed by atoms with Gasteiger partial charge in [-0.2, -0.15) is 0 Å². The summed E-state index contributed by atoms with van der Waals surface area (Å²) < 4.78 is 0. The number of aromatic nitrogens is 2. The minimum atomic E-state index is -0.494. The number of nitrogen functional groups attached to an aromatic ring is 1. The van der Waals surface area contributed by atoms with Crippen molar-refractivity contribution in [1.82, 2.24) is 9.97 Å². The van der Waals surface area contributed by atoms with Crippen LogP contribution in [0.3, 0.4) is 0 Å². The predicted molar refractivity (Wildman–Crippen MR) is 65.3 cm³/mol. The lowest BCUT2D eigenvalue weighted by molar-refractivity contribution is 0.100. The predicted octanol–water partition coefficient (Wildman–Crippen LogP) is 0.703. The van der Waals surface area contributed by atoms with Gasteiger partial charge in [-0.25, -0.2) is 4.98 Å². The van der Waals surface area contributed by atoms with E-state index in [1.165, 1.54) is 0 Å². The fourth-order valence-corrected chi connectivity index (χ4v) is 1.50. The largest absolute Gasteiger partial charge is 0.399 e. The molecule has 0 unspecified atom stereocenters. The average molecular weight is 231 g/mol. The van der Waals surface area contributed by atoms with E-state index in [0.29, 0.717) is 23.5 Å². The van der Waals surface area contributed by atoms with E-state index in [1.807, 2.05) is 0 Å². The molecule has 0 aliphatic heterocycles. The van der Waals surface area contributed by atoms with Crippen molar-refractivity contribution < 1.29 is 4.79 Å². The molecule has 17 heavy (non-hydrogen) atoms. The lowest BCUT2D eigenvalue weighted by Gasteiger charge is -2.09. The van der Waals surface area contributed by atoms with E-state index in [2.05, 4.69) is 15.3 Å². The Morgan fingerprint density at radius 1 is 1.47 bits per heavy atom. The van der Waals surface area contributed by atoms with Gasteiger partial charge in [0.25, 0.3) is 5.91 Å². The summed E-state index contributed by atoms with van der Waals surface area (Å²) in [5.74, 6) is 0.273. The third kappa shape index (κ3) is 2.54. The van der Waals surface area contributed by atoms with Crippen LogP contribution in [0.5, 0.6) is 0 Å². The molecule has 0 spiro atoms. The molecular weight excluding hydrogens is 218 g/mol. The van der Waals surface area contributed by atoms with Gasteiger partial charge in [0.2, 0.25) is 0 Å². The van der Waals surface area contributed by atoms with Gasteiger partial charge < -0.3 is 21.8 Å². The van der Waals surface area contributed by atoms with Gasteiger partial charge >= 0.3 is 0 Å². The molecule has 6 heteroatoms. The van der Waals surface area contributed by atoms with Crippen LogP contribution in [-0.4, -0.2) is 15.9 Å². The number of nitrogens with two attached hydrogens (primary N) is 2. The van der Waals surface area contributed by atoms with E-state index >= 15 is 0 Å². The van der Waals surface area contributed by atoms with Gasteiger partial charge in [0.1, 0.15) is 5.82 Å². The summed E-state index contributed by atoms with van der Waals surface area (Å²) in [7, 11) is 0. The van der Waals surface area contributed by atoms with E-state index in [9.17, 15) is 4.79 Å². The molecular formula is C11H13N5O. The van der Waals surface area contributed by atoms with Crippen molar-refractivity contribution in [2.75, 3.05) is 11.1 Å². The van der Waals surface area contributed by atoms with Crippen LogP contribution in [0.25, 0.3) is 0 Å². The number of H-pyrrole nitrogens is 1. The molecule has 6 nitrogen and oxygen atoms in total. The zero-order valence-electron chi connectivity index (χ0n) is 9.10. The number of imidazole rings is 1. The second-order valence-electron chi connectivity index (χ2n) is 3.56. The van der Waals surface area contributed by atoms with E-state index < -0.39 is 5.91 Å². The van der Waals surface area contributed by atoms with E-state index in [0.717, 1.165) is 5.82 Å². The van der Waals surface area contributed by atoms with Crippen molar-refractivity contribution in [3.8, 4) is 0 Å². The van der Waals surface area contributed by atoms with Crippen LogP contribution < -0.4 is 16.8 Å². The Kier molecular flexibility index (Phi) is 2.95. The summed E-state index contributed by atoms with van der Waals surface area (Å²) in [6.07, 6.45) is 3.39. The molecule has 6 N–H and O–H groups in total. The van der Waals surface area contributed by atoms with Crippen LogP contribution in [0.15, 0.2) is 30.6 Å². The Morgan fingerprint density at radius 2 is 2.29 bits per heavy atom. The first kappa shape index (κ1) is 11.0. The molecule has 1 heterocycles. The van der Waals surface area contributed by atoms with E-state index in [-0.39, 0.29) is 0 Å². The molecule has 0 aliphatic rings.